The molecule has 2 N–H and O–H groups in total. The molecule has 2 aliphatic rings. The van der Waals surface area contributed by atoms with Crippen molar-refractivity contribution in [1.29, 1.82) is 0 Å². The summed E-state index contributed by atoms with van der Waals surface area (Å²) in [7, 11) is -0.944. The molecular formula is C33H47ClN6O6S. The van der Waals surface area contributed by atoms with Crippen LogP contribution in [0, 0.1) is 16.0 Å². The van der Waals surface area contributed by atoms with E-state index in [1.165, 1.54) is 24.6 Å². The van der Waals surface area contributed by atoms with Crippen LogP contribution in [-0.4, -0.2) is 97.2 Å². The van der Waals surface area contributed by atoms with Gasteiger partial charge in [0, 0.05) is 48.7 Å². The SMILES string of the molecule is CC(C)C(=O)N(C1CCCCC1)[C@H]1CCN(NC(=O)[C@@H](Cc2ccc(Cl)cc2)NC(CN(C)C)S(=O)(=O)c2ccccc2[N+](=O)[O-])C1. The van der Waals surface area contributed by atoms with Crippen LogP contribution in [0.4, 0.5) is 5.69 Å². The number of nitro groups is 1. The molecule has 3 atom stereocenters. The number of carbonyl (C=O) groups excluding carboxylic acids is 2. The van der Waals surface area contributed by atoms with Crippen LogP contribution in [0.25, 0.3) is 0 Å². The minimum absolute atomic E-state index is 0.0434. The highest BCUT2D eigenvalue weighted by Gasteiger charge is 2.39. The van der Waals surface area contributed by atoms with Gasteiger partial charge in [-0.1, -0.05) is 69.0 Å². The van der Waals surface area contributed by atoms with Crippen molar-refractivity contribution in [1.82, 2.24) is 25.6 Å². The summed E-state index contributed by atoms with van der Waals surface area (Å²) in [5.74, 6) is -0.449. The van der Waals surface area contributed by atoms with E-state index >= 15 is 0 Å². The first-order valence-corrected chi connectivity index (χ1v) is 18.2. The summed E-state index contributed by atoms with van der Waals surface area (Å²) in [6.07, 6.45) is 6.18. The van der Waals surface area contributed by atoms with Crippen LogP contribution in [0.1, 0.15) is 57.9 Å². The zero-order valence-corrected chi connectivity index (χ0v) is 29.2. The minimum Gasteiger partial charge on any atom is -0.335 e. The molecule has 1 unspecified atom stereocenters. The van der Waals surface area contributed by atoms with Gasteiger partial charge in [0.15, 0.2) is 0 Å². The average molecular weight is 691 g/mol. The summed E-state index contributed by atoms with van der Waals surface area (Å²) in [6.45, 7) is 4.79. The number of benzene rings is 2. The third kappa shape index (κ3) is 9.50. The van der Waals surface area contributed by atoms with Crippen molar-refractivity contribution in [3.8, 4) is 0 Å². The van der Waals surface area contributed by atoms with E-state index in [-0.39, 0.29) is 36.9 Å². The topological polar surface area (TPSA) is 145 Å². The van der Waals surface area contributed by atoms with E-state index in [1.54, 1.807) is 43.3 Å². The molecule has 4 rings (SSSR count). The molecule has 1 aliphatic carbocycles. The number of amides is 2. The van der Waals surface area contributed by atoms with E-state index in [1.807, 2.05) is 18.9 Å². The van der Waals surface area contributed by atoms with Crippen LogP contribution < -0.4 is 10.7 Å². The van der Waals surface area contributed by atoms with Crippen LogP contribution in [-0.2, 0) is 25.8 Å². The minimum atomic E-state index is -4.33. The fourth-order valence-corrected chi connectivity index (χ4v) is 8.47. The van der Waals surface area contributed by atoms with Gasteiger partial charge >= 0.3 is 0 Å². The maximum atomic E-state index is 14.0. The van der Waals surface area contributed by atoms with E-state index in [0.717, 1.165) is 37.3 Å². The summed E-state index contributed by atoms with van der Waals surface area (Å²) in [4.78, 5) is 41.7. The van der Waals surface area contributed by atoms with Crippen LogP contribution in [0.15, 0.2) is 53.4 Å². The standard InChI is InChI=1S/C33H47ClN6O6S/c1-23(2)33(42)39(26-10-6-5-7-11-26)27-18-19-38(21-27)36-32(41)28(20-24-14-16-25(34)17-15-24)35-31(22-37(3)4)47(45,46)30-13-9-8-12-29(30)40(43)44/h8-9,12-17,23,26-28,31,35H,5-7,10-11,18-22H2,1-4H3,(H,36,41)/t27-,28+,31?/m0/s1. The smallest absolute Gasteiger partial charge is 0.288 e. The Morgan fingerprint density at radius 2 is 1.68 bits per heavy atom. The molecule has 14 heteroatoms. The number of carbonyl (C=O) groups is 2. The third-order valence-corrected chi connectivity index (χ3v) is 11.1. The number of para-hydroxylation sites is 1. The van der Waals surface area contributed by atoms with Crippen LogP contribution >= 0.6 is 11.6 Å². The molecule has 1 saturated heterocycles. The Morgan fingerprint density at radius 1 is 1.02 bits per heavy atom. The summed E-state index contributed by atoms with van der Waals surface area (Å²) < 4.78 is 28.0. The lowest BCUT2D eigenvalue weighted by atomic mass is 9.92. The second kappa shape index (κ2) is 16.3. The normalized spacial score (nSPS) is 19.1. The first-order chi connectivity index (χ1) is 22.3. The Labute approximate surface area is 282 Å². The van der Waals surface area contributed by atoms with Crippen LogP contribution in [0.2, 0.25) is 5.02 Å². The predicted molar refractivity (Wildman–Crippen MR) is 181 cm³/mol. The quantitative estimate of drug-likeness (QED) is 0.222. The second-order valence-corrected chi connectivity index (χ2v) is 15.7. The molecule has 2 aromatic rings. The first kappa shape index (κ1) is 36.7. The molecule has 2 fully saturated rings. The molecule has 47 heavy (non-hydrogen) atoms. The molecule has 1 aliphatic heterocycles. The Morgan fingerprint density at radius 3 is 2.30 bits per heavy atom. The highest BCUT2D eigenvalue weighted by Crippen LogP contribution is 2.29. The molecule has 0 bridgehead atoms. The van der Waals surface area contributed by atoms with Crippen molar-refractivity contribution in [2.24, 2.45) is 5.92 Å². The van der Waals surface area contributed by atoms with Crippen molar-refractivity contribution < 1.29 is 22.9 Å². The molecule has 2 amide bonds. The number of hydrazine groups is 1. The maximum absolute atomic E-state index is 14.0. The van der Waals surface area contributed by atoms with E-state index in [4.69, 9.17) is 11.6 Å². The lowest BCUT2D eigenvalue weighted by molar-refractivity contribution is -0.387. The van der Waals surface area contributed by atoms with Gasteiger partial charge in [-0.2, -0.15) is 0 Å². The molecule has 1 heterocycles. The summed E-state index contributed by atoms with van der Waals surface area (Å²) in [5, 5.41) is 15.8. The van der Waals surface area contributed by atoms with Gasteiger partial charge < -0.3 is 9.80 Å². The van der Waals surface area contributed by atoms with E-state index in [2.05, 4.69) is 15.6 Å². The molecule has 12 nitrogen and oxygen atoms in total. The van der Waals surface area contributed by atoms with Gasteiger partial charge in [0.25, 0.3) is 11.6 Å². The zero-order valence-electron chi connectivity index (χ0n) is 27.6. The average Bonchev–Trinajstić information content (AvgIpc) is 3.49. The molecule has 1 saturated carbocycles. The molecule has 0 spiro atoms. The highest BCUT2D eigenvalue weighted by molar-refractivity contribution is 7.92. The van der Waals surface area contributed by atoms with Crippen LogP contribution in [0.3, 0.4) is 0 Å². The number of nitrogens with zero attached hydrogens (tertiary/aromatic N) is 4. The van der Waals surface area contributed by atoms with Gasteiger partial charge in [-0.3, -0.25) is 30.4 Å². The van der Waals surface area contributed by atoms with Crippen molar-refractivity contribution in [3.05, 3.63) is 69.2 Å². The van der Waals surface area contributed by atoms with Crippen molar-refractivity contribution in [3.63, 3.8) is 0 Å². The number of nitrogens with one attached hydrogen (secondary N) is 2. The number of likely N-dealkylation sites (N-methyl/N-ethyl adjacent to an activating group) is 1. The molecule has 2 aromatic carbocycles. The Hall–Kier alpha value is -3.10. The van der Waals surface area contributed by atoms with E-state index < -0.39 is 42.7 Å². The molecule has 0 radical (unpaired) electrons. The number of sulfone groups is 1. The van der Waals surface area contributed by atoms with Gasteiger partial charge in [-0.15, -0.1) is 0 Å². The van der Waals surface area contributed by atoms with Crippen LogP contribution in [0.5, 0.6) is 0 Å². The maximum Gasteiger partial charge on any atom is 0.288 e. The van der Waals surface area contributed by atoms with Gasteiger partial charge in [0.1, 0.15) is 10.3 Å². The number of hydrogen-bond acceptors (Lipinski definition) is 9. The summed E-state index contributed by atoms with van der Waals surface area (Å²) in [5.41, 5.74) is 3.22. The predicted octanol–water partition coefficient (Wildman–Crippen LogP) is 4.03. The van der Waals surface area contributed by atoms with Gasteiger partial charge in [0.2, 0.25) is 15.7 Å². The lowest BCUT2D eigenvalue weighted by Crippen LogP contribution is -2.57. The van der Waals surface area contributed by atoms with Crippen molar-refractivity contribution in [2.75, 3.05) is 33.7 Å². The Balaban J connectivity index is 1.59. The van der Waals surface area contributed by atoms with E-state index in [9.17, 15) is 28.1 Å². The van der Waals surface area contributed by atoms with Gasteiger partial charge in [0.05, 0.1) is 11.0 Å². The van der Waals surface area contributed by atoms with Crippen molar-refractivity contribution in [2.45, 2.75) is 87.2 Å². The Bertz CT molecular complexity index is 1500. The molecule has 258 valence electrons. The third-order valence-electron chi connectivity index (χ3n) is 8.87. The first-order valence-electron chi connectivity index (χ1n) is 16.3. The number of halogens is 1. The number of rotatable bonds is 14. The lowest BCUT2D eigenvalue weighted by Gasteiger charge is -2.39. The summed E-state index contributed by atoms with van der Waals surface area (Å²) in [6, 6.07) is 11.3. The fourth-order valence-electron chi connectivity index (χ4n) is 6.50. The van der Waals surface area contributed by atoms with Crippen molar-refractivity contribution >= 4 is 38.9 Å². The zero-order chi connectivity index (χ0) is 34.3. The van der Waals surface area contributed by atoms with E-state index in [0.29, 0.717) is 24.5 Å². The summed E-state index contributed by atoms with van der Waals surface area (Å²) >= 11 is 6.10. The number of hydrogen-bond donors (Lipinski definition) is 2. The largest absolute Gasteiger partial charge is 0.335 e. The Kier molecular flexibility index (Phi) is 12.8. The van der Waals surface area contributed by atoms with Gasteiger partial charge in [-0.05, 0) is 63.5 Å². The molecule has 0 aromatic heterocycles. The second-order valence-electron chi connectivity index (χ2n) is 13.1. The molecular weight excluding hydrogens is 644 g/mol. The monoisotopic (exact) mass is 690 g/mol. The fraction of sp³-hybridized carbons (Fsp3) is 0.576. The highest BCUT2D eigenvalue weighted by atomic mass is 35.5. The van der Waals surface area contributed by atoms with Gasteiger partial charge in [-0.25, -0.2) is 13.4 Å². The number of nitro benzene ring substituents is 1.